The lowest BCUT2D eigenvalue weighted by atomic mass is 10.0. The van der Waals surface area contributed by atoms with Gasteiger partial charge in [0.2, 0.25) is 11.8 Å². The molecule has 4 amide bonds. The molecule has 2 fully saturated rings. The zero-order valence-electron chi connectivity index (χ0n) is 24.2. The van der Waals surface area contributed by atoms with Gasteiger partial charge in [-0.3, -0.25) is 34.3 Å². The van der Waals surface area contributed by atoms with Crippen molar-refractivity contribution in [2.45, 2.75) is 45.2 Å². The Kier molecular flexibility index (Phi) is 2.89. The number of benzene rings is 1. The van der Waals surface area contributed by atoms with Crippen LogP contribution in [0.4, 0.5) is 5.69 Å². The van der Waals surface area contributed by atoms with Crippen molar-refractivity contribution in [1.29, 1.82) is 0 Å². The minimum absolute atomic E-state index is 0.0801. The van der Waals surface area contributed by atoms with Crippen molar-refractivity contribution >= 4 is 29.3 Å². The van der Waals surface area contributed by atoms with E-state index < -0.39 is 61.2 Å². The second-order valence-electron chi connectivity index (χ2n) is 7.97. The van der Waals surface area contributed by atoms with Crippen LogP contribution in [0, 0.1) is 0 Å². The number of rotatable bonds is 2. The SMILES string of the molecule is [2H]C1([2H])N(c2ccc3c(c2)C(=O)N([C@H]2CCC(=O)NC2=O)C3=O)C([2H])([2H])C([2H])([2H])N(C(C)(C)C)C1([2H])[2H]. The van der Waals surface area contributed by atoms with Crippen molar-refractivity contribution in [2.24, 2.45) is 0 Å². The molecule has 0 radical (unpaired) electrons. The number of carbonyl (C=O) groups excluding carboxylic acids is 4. The van der Waals surface area contributed by atoms with E-state index in [4.69, 9.17) is 11.0 Å². The van der Waals surface area contributed by atoms with Gasteiger partial charge >= 0.3 is 0 Å². The van der Waals surface area contributed by atoms with E-state index in [1.165, 1.54) is 20.8 Å². The average molecular weight is 407 g/mol. The molecule has 1 aromatic carbocycles. The molecule has 1 atom stereocenters. The fourth-order valence-electron chi connectivity index (χ4n) is 3.32. The Morgan fingerprint density at radius 2 is 1.66 bits per heavy atom. The summed E-state index contributed by atoms with van der Waals surface area (Å²) in [5.41, 5.74) is -2.12. The van der Waals surface area contributed by atoms with Crippen molar-refractivity contribution in [3.8, 4) is 0 Å². The number of fused-ring (bicyclic) bond motifs is 1. The highest BCUT2D eigenvalue weighted by Gasteiger charge is 2.44. The molecule has 8 heteroatoms. The summed E-state index contributed by atoms with van der Waals surface area (Å²) in [5.74, 6) is -3.10. The summed E-state index contributed by atoms with van der Waals surface area (Å²) in [7, 11) is 0. The van der Waals surface area contributed by atoms with Crippen molar-refractivity contribution in [3.05, 3.63) is 29.3 Å². The predicted molar refractivity (Wildman–Crippen MR) is 107 cm³/mol. The molecule has 3 aliphatic rings. The van der Waals surface area contributed by atoms with Gasteiger partial charge in [-0.2, -0.15) is 0 Å². The molecule has 2 saturated heterocycles. The van der Waals surface area contributed by atoms with Crippen molar-refractivity contribution in [2.75, 3.05) is 30.9 Å². The lowest BCUT2D eigenvalue weighted by Crippen LogP contribution is -2.54. The molecule has 1 aromatic rings. The Morgan fingerprint density at radius 1 is 1.00 bits per heavy atom. The highest BCUT2D eigenvalue weighted by Crippen LogP contribution is 2.31. The molecular formula is C21H26N4O4. The number of anilines is 1. The minimum atomic E-state index is -3.15. The average Bonchev–Trinajstić information content (AvgIpc) is 2.95. The molecule has 0 aliphatic carbocycles. The Balaban J connectivity index is 1.82. The molecule has 0 bridgehead atoms. The summed E-state index contributed by atoms with van der Waals surface area (Å²) in [6.45, 7) is -8.11. The summed E-state index contributed by atoms with van der Waals surface area (Å²) in [5, 5.41) is 2.07. The summed E-state index contributed by atoms with van der Waals surface area (Å²) in [6, 6.07) is 1.98. The first kappa shape index (κ1) is 12.1. The molecule has 0 saturated carbocycles. The largest absolute Gasteiger partial charge is 0.369 e. The zero-order chi connectivity index (χ0) is 28.1. The van der Waals surface area contributed by atoms with Gasteiger partial charge in [0.05, 0.1) is 16.6 Å². The first-order valence-electron chi connectivity index (χ1n) is 13.2. The smallest absolute Gasteiger partial charge is 0.262 e. The van der Waals surface area contributed by atoms with Gasteiger partial charge in [-0.15, -0.1) is 0 Å². The molecule has 154 valence electrons. The van der Waals surface area contributed by atoms with Crippen molar-refractivity contribution in [1.82, 2.24) is 15.1 Å². The van der Waals surface area contributed by atoms with Crippen LogP contribution >= 0.6 is 0 Å². The van der Waals surface area contributed by atoms with Crippen LogP contribution in [0.2, 0.25) is 0 Å². The zero-order valence-corrected chi connectivity index (χ0v) is 16.2. The third kappa shape index (κ3) is 3.42. The van der Waals surface area contributed by atoms with Gasteiger partial charge in [-0.25, -0.2) is 0 Å². The lowest BCUT2D eigenvalue weighted by molar-refractivity contribution is -0.136. The quantitative estimate of drug-likeness (QED) is 0.738. The number of amides is 4. The molecule has 0 spiro atoms. The van der Waals surface area contributed by atoms with Gasteiger partial charge in [0.15, 0.2) is 0 Å². The molecule has 3 aliphatic heterocycles. The van der Waals surface area contributed by atoms with E-state index >= 15 is 0 Å². The van der Waals surface area contributed by atoms with E-state index in [1.54, 1.807) is 0 Å². The molecule has 29 heavy (non-hydrogen) atoms. The molecule has 8 nitrogen and oxygen atoms in total. The normalized spacial score (nSPS) is 34.5. The molecule has 0 aromatic heterocycles. The van der Waals surface area contributed by atoms with E-state index in [9.17, 15) is 19.2 Å². The maximum absolute atomic E-state index is 13.2. The standard InChI is InChI=1S/C21H26N4O4/c1-21(2,3)24-10-8-23(9-11-24)13-4-5-14-15(12-13)20(29)25(19(14)28)16-6-7-17(26)22-18(16)27/h4-5,12,16H,6-11H2,1-3H3,(H,22,26,27)/t16-/m0/s1/i8D2,9D2,10D2,11D2. The predicted octanol–water partition coefficient (Wildman–Crippen LogP) is 1.01. The first-order valence-corrected chi connectivity index (χ1v) is 9.15. The number of hydrogen-bond donors (Lipinski definition) is 1. The Morgan fingerprint density at radius 3 is 2.28 bits per heavy atom. The topological polar surface area (TPSA) is 90.0 Å². The molecule has 4 rings (SSSR count). The van der Waals surface area contributed by atoms with Gasteiger partial charge in [-0.1, -0.05) is 0 Å². The number of imide groups is 2. The van der Waals surface area contributed by atoms with Crippen LogP contribution in [0.5, 0.6) is 0 Å². The summed E-state index contributed by atoms with van der Waals surface area (Å²) < 4.78 is 68.7. The number of nitrogens with zero attached hydrogens (tertiary/aromatic N) is 3. The van der Waals surface area contributed by atoms with E-state index in [1.807, 2.05) is 0 Å². The summed E-state index contributed by atoms with van der Waals surface area (Å²) in [6.07, 6.45) is -0.166. The Labute approximate surface area is 181 Å². The Hall–Kier alpha value is -2.74. The highest BCUT2D eigenvalue weighted by molar-refractivity contribution is 6.23. The monoisotopic (exact) mass is 406 g/mol. The van der Waals surface area contributed by atoms with Gasteiger partial charge < -0.3 is 4.90 Å². The first-order chi connectivity index (χ1) is 16.7. The van der Waals surface area contributed by atoms with Gasteiger partial charge in [0.1, 0.15) is 6.04 Å². The van der Waals surface area contributed by atoms with Crippen LogP contribution in [-0.4, -0.2) is 71.0 Å². The maximum atomic E-state index is 13.2. The number of hydrogen-bond acceptors (Lipinski definition) is 6. The third-order valence-corrected chi connectivity index (χ3v) is 4.90. The van der Waals surface area contributed by atoms with Gasteiger partial charge in [0, 0.05) is 49.1 Å². The van der Waals surface area contributed by atoms with E-state index in [0.29, 0.717) is 14.7 Å². The van der Waals surface area contributed by atoms with E-state index in [0.717, 1.165) is 18.2 Å². The van der Waals surface area contributed by atoms with E-state index in [-0.39, 0.29) is 29.7 Å². The molecule has 3 heterocycles. The number of nitrogens with one attached hydrogen (secondary N) is 1. The van der Waals surface area contributed by atoms with Crippen LogP contribution < -0.4 is 10.2 Å². The second kappa shape index (κ2) is 6.95. The van der Waals surface area contributed by atoms with Crippen LogP contribution in [0.15, 0.2) is 18.2 Å². The fourth-order valence-corrected chi connectivity index (χ4v) is 3.32. The lowest BCUT2D eigenvalue weighted by Gasteiger charge is -2.43. The van der Waals surface area contributed by atoms with Gasteiger partial charge in [-0.05, 0) is 45.4 Å². The number of carbonyl (C=O) groups is 4. The number of piperidine rings is 1. The summed E-state index contributed by atoms with van der Waals surface area (Å²) >= 11 is 0. The van der Waals surface area contributed by atoms with Gasteiger partial charge in [0.25, 0.3) is 11.8 Å². The van der Waals surface area contributed by atoms with Crippen molar-refractivity contribution in [3.63, 3.8) is 0 Å². The minimum Gasteiger partial charge on any atom is -0.369 e. The fraction of sp³-hybridized carbons (Fsp3) is 0.524. The molecule has 0 unspecified atom stereocenters. The Bertz CT molecular complexity index is 1200. The van der Waals surface area contributed by atoms with Crippen LogP contribution in [-0.2, 0) is 9.59 Å². The number of piperazine rings is 1. The molecular weight excluding hydrogens is 372 g/mol. The second-order valence-corrected chi connectivity index (χ2v) is 7.97. The maximum Gasteiger partial charge on any atom is 0.262 e. The molecule has 1 N–H and O–H groups in total. The van der Waals surface area contributed by atoms with Crippen LogP contribution in [0.3, 0.4) is 0 Å². The van der Waals surface area contributed by atoms with Crippen molar-refractivity contribution < 1.29 is 30.1 Å². The summed E-state index contributed by atoms with van der Waals surface area (Å²) in [4.78, 5) is 51.5. The third-order valence-electron chi connectivity index (χ3n) is 4.90. The highest BCUT2D eigenvalue weighted by atomic mass is 16.2. The van der Waals surface area contributed by atoms with Crippen LogP contribution in [0.25, 0.3) is 0 Å². The van der Waals surface area contributed by atoms with Crippen LogP contribution in [0.1, 0.15) is 65.3 Å². The van der Waals surface area contributed by atoms with E-state index in [2.05, 4.69) is 5.32 Å².